The maximum absolute atomic E-state index is 12.5. The van der Waals surface area contributed by atoms with Crippen LogP contribution in [0.15, 0.2) is 76.5 Å². The van der Waals surface area contributed by atoms with E-state index >= 15 is 0 Å². The number of benzene rings is 3. The van der Waals surface area contributed by atoms with Crippen molar-refractivity contribution in [1.82, 2.24) is 0 Å². The summed E-state index contributed by atoms with van der Waals surface area (Å²) < 4.78 is 27.6. The van der Waals surface area contributed by atoms with Gasteiger partial charge in [-0.3, -0.25) is 9.52 Å². The van der Waals surface area contributed by atoms with Gasteiger partial charge in [-0.15, -0.1) is 11.8 Å². The zero-order valence-corrected chi connectivity index (χ0v) is 19.9. The Kier molecular flexibility index (Phi) is 7.54. The first-order valence-corrected chi connectivity index (χ1v) is 12.4. The first-order chi connectivity index (χ1) is 14.6. The van der Waals surface area contributed by atoms with Crippen molar-refractivity contribution in [3.8, 4) is 0 Å². The Labute approximate surface area is 196 Å². The molecule has 0 spiro atoms. The normalized spacial score (nSPS) is 12.3. The molecule has 5 nitrogen and oxygen atoms in total. The molecular formula is C22H20Cl2N2O3S2. The van der Waals surface area contributed by atoms with E-state index < -0.39 is 15.3 Å². The van der Waals surface area contributed by atoms with Crippen LogP contribution in [0.1, 0.15) is 12.5 Å². The van der Waals surface area contributed by atoms with Crippen molar-refractivity contribution in [2.75, 3.05) is 10.0 Å². The van der Waals surface area contributed by atoms with Gasteiger partial charge in [0.2, 0.25) is 5.91 Å². The van der Waals surface area contributed by atoms with Crippen LogP contribution in [0.4, 0.5) is 11.4 Å². The molecule has 1 unspecified atom stereocenters. The molecule has 0 aliphatic rings. The van der Waals surface area contributed by atoms with E-state index in [1.165, 1.54) is 11.8 Å². The highest BCUT2D eigenvalue weighted by Gasteiger charge is 2.17. The maximum Gasteiger partial charge on any atom is 0.261 e. The SMILES string of the molecule is Cc1ccc(S(=O)(=O)Nc2ccc(SC(C)C(=O)Nc3ccc(Cl)cc3Cl)cc2)cc1. The summed E-state index contributed by atoms with van der Waals surface area (Å²) in [5, 5.41) is 3.23. The van der Waals surface area contributed by atoms with Gasteiger partial charge in [0.05, 0.1) is 20.9 Å². The van der Waals surface area contributed by atoms with Gasteiger partial charge >= 0.3 is 0 Å². The number of sulfonamides is 1. The van der Waals surface area contributed by atoms with Gasteiger partial charge in [0.25, 0.3) is 10.0 Å². The molecule has 0 heterocycles. The summed E-state index contributed by atoms with van der Waals surface area (Å²) in [6.07, 6.45) is 0. The van der Waals surface area contributed by atoms with Crippen LogP contribution in [0.25, 0.3) is 0 Å². The molecule has 1 amide bonds. The zero-order chi connectivity index (χ0) is 22.6. The van der Waals surface area contributed by atoms with E-state index in [1.54, 1.807) is 73.7 Å². The summed E-state index contributed by atoms with van der Waals surface area (Å²) in [7, 11) is -3.66. The van der Waals surface area contributed by atoms with E-state index in [1.807, 2.05) is 6.92 Å². The number of aryl methyl sites for hydroxylation is 1. The summed E-state index contributed by atoms with van der Waals surface area (Å²) in [5.74, 6) is -0.210. The number of carbonyl (C=O) groups is 1. The number of anilines is 2. The minimum Gasteiger partial charge on any atom is -0.324 e. The Morgan fingerprint density at radius 3 is 2.23 bits per heavy atom. The second kappa shape index (κ2) is 9.96. The summed E-state index contributed by atoms with van der Waals surface area (Å²) in [4.78, 5) is 13.5. The van der Waals surface area contributed by atoms with Crippen molar-refractivity contribution in [3.63, 3.8) is 0 Å². The van der Waals surface area contributed by atoms with Crippen molar-refractivity contribution >= 4 is 62.3 Å². The van der Waals surface area contributed by atoms with Crippen LogP contribution in [0.2, 0.25) is 10.0 Å². The Hall–Kier alpha value is -2.19. The van der Waals surface area contributed by atoms with E-state index in [0.717, 1.165) is 10.5 Å². The molecule has 3 aromatic carbocycles. The molecule has 3 aromatic rings. The van der Waals surface area contributed by atoms with Crippen LogP contribution in [-0.4, -0.2) is 19.6 Å². The molecular weight excluding hydrogens is 475 g/mol. The summed E-state index contributed by atoms with van der Waals surface area (Å²) in [5.41, 5.74) is 1.91. The third-order valence-corrected chi connectivity index (χ3v) is 7.37. The van der Waals surface area contributed by atoms with Crippen LogP contribution in [0, 0.1) is 6.92 Å². The van der Waals surface area contributed by atoms with Crippen LogP contribution >= 0.6 is 35.0 Å². The third-order valence-electron chi connectivity index (χ3n) is 4.31. The molecule has 9 heteroatoms. The van der Waals surface area contributed by atoms with Crippen LogP contribution in [-0.2, 0) is 14.8 Å². The molecule has 1 atom stereocenters. The fraction of sp³-hybridized carbons (Fsp3) is 0.136. The highest BCUT2D eigenvalue weighted by atomic mass is 35.5. The summed E-state index contributed by atoms with van der Waals surface area (Å²) in [6.45, 7) is 3.67. The molecule has 0 saturated carbocycles. The summed E-state index contributed by atoms with van der Waals surface area (Å²) >= 11 is 13.3. The number of amides is 1. The lowest BCUT2D eigenvalue weighted by molar-refractivity contribution is -0.115. The number of nitrogens with one attached hydrogen (secondary N) is 2. The van der Waals surface area contributed by atoms with Gasteiger partial charge in [0, 0.05) is 15.6 Å². The van der Waals surface area contributed by atoms with Crippen LogP contribution < -0.4 is 10.0 Å². The van der Waals surface area contributed by atoms with Crippen molar-refractivity contribution in [2.45, 2.75) is 28.9 Å². The Bertz CT molecular complexity index is 1180. The highest BCUT2D eigenvalue weighted by molar-refractivity contribution is 8.00. The summed E-state index contributed by atoms with van der Waals surface area (Å²) in [6, 6.07) is 18.3. The average molecular weight is 495 g/mol. The standard InChI is InChI=1S/C22H20Cl2N2O3S2/c1-14-3-10-19(11-4-14)31(28,29)26-17-6-8-18(9-7-17)30-15(2)22(27)25-21-12-5-16(23)13-20(21)24/h3-13,15,26H,1-2H3,(H,25,27). The number of hydrogen-bond acceptors (Lipinski definition) is 4. The van der Waals surface area contributed by atoms with Gasteiger partial charge in [-0.25, -0.2) is 8.42 Å². The van der Waals surface area contributed by atoms with Gasteiger partial charge < -0.3 is 5.32 Å². The zero-order valence-electron chi connectivity index (χ0n) is 16.7. The Morgan fingerprint density at radius 2 is 1.61 bits per heavy atom. The lowest BCUT2D eigenvalue weighted by atomic mass is 10.2. The molecule has 0 radical (unpaired) electrons. The van der Waals surface area contributed by atoms with E-state index in [-0.39, 0.29) is 10.8 Å². The van der Waals surface area contributed by atoms with Crippen molar-refractivity contribution in [3.05, 3.63) is 82.3 Å². The van der Waals surface area contributed by atoms with Crippen molar-refractivity contribution < 1.29 is 13.2 Å². The van der Waals surface area contributed by atoms with E-state index in [2.05, 4.69) is 10.0 Å². The molecule has 0 aliphatic carbocycles. The number of thioether (sulfide) groups is 1. The lowest BCUT2D eigenvalue weighted by Crippen LogP contribution is -2.22. The average Bonchev–Trinajstić information content (AvgIpc) is 2.71. The quantitative estimate of drug-likeness (QED) is 0.382. The fourth-order valence-corrected chi connectivity index (χ4v) is 5.00. The number of halogens is 2. The number of rotatable bonds is 7. The van der Waals surface area contributed by atoms with E-state index in [0.29, 0.717) is 21.4 Å². The van der Waals surface area contributed by atoms with E-state index in [4.69, 9.17) is 23.2 Å². The molecule has 0 saturated heterocycles. The molecule has 0 fully saturated rings. The van der Waals surface area contributed by atoms with Crippen molar-refractivity contribution in [2.24, 2.45) is 0 Å². The maximum atomic E-state index is 12.5. The first kappa shape index (κ1) is 23.5. The third kappa shape index (κ3) is 6.40. The van der Waals surface area contributed by atoms with Gasteiger partial charge in [-0.05, 0) is 68.4 Å². The minimum atomic E-state index is -3.66. The largest absolute Gasteiger partial charge is 0.324 e. The van der Waals surface area contributed by atoms with Crippen molar-refractivity contribution in [1.29, 1.82) is 0 Å². The van der Waals surface area contributed by atoms with E-state index in [9.17, 15) is 13.2 Å². The molecule has 0 aromatic heterocycles. The monoisotopic (exact) mass is 494 g/mol. The Morgan fingerprint density at radius 1 is 0.968 bits per heavy atom. The lowest BCUT2D eigenvalue weighted by Gasteiger charge is -2.14. The molecule has 162 valence electrons. The second-order valence-electron chi connectivity index (χ2n) is 6.82. The first-order valence-electron chi connectivity index (χ1n) is 9.26. The molecule has 0 bridgehead atoms. The van der Waals surface area contributed by atoms with Gasteiger partial charge in [-0.1, -0.05) is 40.9 Å². The molecule has 0 aliphatic heterocycles. The van der Waals surface area contributed by atoms with Gasteiger partial charge in [0.15, 0.2) is 0 Å². The molecule has 3 rings (SSSR count). The van der Waals surface area contributed by atoms with Crippen LogP contribution in [0.5, 0.6) is 0 Å². The van der Waals surface area contributed by atoms with Crippen LogP contribution in [0.3, 0.4) is 0 Å². The molecule has 31 heavy (non-hydrogen) atoms. The number of hydrogen-bond donors (Lipinski definition) is 2. The number of carbonyl (C=O) groups excluding carboxylic acids is 1. The Balaban J connectivity index is 1.61. The predicted molar refractivity (Wildman–Crippen MR) is 129 cm³/mol. The topological polar surface area (TPSA) is 75.3 Å². The fourth-order valence-electron chi connectivity index (χ4n) is 2.62. The smallest absolute Gasteiger partial charge is 0.261 e. The minimum absolute atomic E-state index is 0.197. The second-order valence-corrected chi connectivity index (χ2v) is 10.8. The highest BCUT2D eigenvalue weighted by Crippen LogP contribution is 2.29. The van der Waals surface area contributed by atoms with Gasteiger partial charge in [0.1, 0.15) is 0 Å². The van der Waals surface area contributed by atoms with Gasteiger partial charge in [-0.2, -0.15) is 0 Å². The predicted octanol–water partition coefficient (Wildman–Crippen LogP) is 6.22. The molecule has 2 N–H and O–H groups in total.